The maximum Gasteiger partial charge on any atom is 0.0544 e. The molecule has 16 heavy (non-hydrogen) atoms. The number of nitrogens with two attached hydrogens (primary N) is 1. The molecule has 2 heterocycles. The summed E-state index contributed by atoms with van der Waals surface area (Å²) in [6.45, 7) is 3.69. The fourth-order valence-electron chi connectivity index (χ4n) is 1.66. The van der Waals surface area contributed by atoms with E-state index >= 15 is 0 Å². The van der Waals surface area contributed by atoms with Gasteiger partial charge in [-0.1, -0.05) is 6.07 Å². The number of nitrogens with one attached hydrogen (secondary N) is 1. The second-order valence-electron chi connectivity index (χ2n) is 3.72. The Balaban J connectivity index is 1.99. The fourth-order valence-corrected chi connectivity index (χ4v) is 3.33. The molecule has 0 fully saturated rings. The first kappa shape index (κ1) is 11.8. The third kappa shape index (κ3) is 2.71. The molecular formula is C12H16N2S2. The number of hydrogen-bond donors (Lipinski definition) is 2. The fraction of sp³-hybridized carbons (Fsp3) is 0.333. The monoisotopic (exact) mass is 252 g/mol. The minimum absolute atomic E-state index is 0.280. The third-order valence-electron chi connectivity index (χ3n) is 2.56. The number of hydrogen-bond acceptors (Lipinski definition) is 4. The maximum atomic E-state index is 5.82. The molecule has 4 heteroatoms. The summed E-state index contributed by atoms with van der Waals surface area (Å²) >= 11 is 3.56. The van der Waals surface area contributed by atoms with Gasteiger partial charge in [0.15, 0.2) is 0 Å². The highest BCUT2D eigenvalue weighted by Crippen LogP contribution is 2.23. The normalized spacial score (nSPS) is 12.9. The van der Waals surface area contributed by atoms with E-state index in [0.717, 1.165) is 6.54 Å². The Labute approximate surface area is 104 Å². The lowest BCUT2D eigenvalue weighted by Crippen LogP contribution is -2.27. The zero-order valence-electron chi connectivity index (χ0n) is 9.27. The van der Waals surface area contributed by atoms with Gasteiger partial charge in [0.05, 0.1) is 6.04 Å². The van der Waals surface area contributed by atoms with E-state index in [4.69, 9.17) is 5.73 Å². The summed E-state index contributed by atoms with van der Waals surface area (Å²) in [7, 11) is 0. The first-order valence-corrected chi connectivity index (χ1v) is 7.07. The van der Waals surface area contributed by atoms with E-state index in [9.17, 15) is 0 Å². The standard InChI is InChI=1S/C12H16N2S2/c1-9-4-6-16-12(9)11(7-13)14-8-10-3-2-5-15-10/h2-6,11,14H,7-8,13H2,1H3. The van der Waals surface area contributed by atoms with Gasteiger partial charge in [-0.3, -0.25) is 0 Å². The molecule has 2 aromatic rings. The number of aryl methyl sites for hydroxylation is 1. The predicted molar refractivity (Wildman–Crippen MR) is 72.0 cm³/mol. The molecule has 0 aliphatic rings. The highest BCUT2D eigenvalue weighted by molar-refractivity contribution is 7.10. The van der Waals surface area contributed by atoms with Crippen LogP contribution in [-0.2, 0) is 6.54 Å². The summed E-state index contributed by atoms with van der Waals surface area (Å²) in [6.07, 6.45) is 0. The highest BCUT2D eigenvalue weighted by atomic mass is 32.1. The molecule has 0 saturated carbocycles. The van der Waals surface area contributed by atoms with E-state index in [1.165, 1.54) is 15.3 Å². The van der Waals surface area contributed by atoms with Crippen molar-refractivity contribution in [1.82, 2.24) is 5.32 Å². The van der Waals surface area contributed by atoms with Crippen LogP contribution in [-0.4, -0.2) is 6.54 Å². The molecule has 0 amide bonds. The predicted octanol–water partition coefficient (Wildman–Crippen LogP) is 2.91. The average Bonchev–Trinajstić information content (AvgIpc) is 2.92. The molecule has 2 rings (SSSR count). The molecule has 1 atom stereocenters. The van der Waals surface area contributed by atoms with Crippen molar-refractivity contribution < 1.29 is 0 Å². The van der Waals surface area contributed by atoms with Gasteiger partial charge in [-0.15, -0.1) is 22.7 Å². The van der Waals surface area contributed by atoms with E-state index in [1.807, 2.05) is 0 Å². The van der Waals surface area contributed by atoms with Crippen LogP contribution >= 0.6 is 22.7 Å². The molecule has 86 valence electrons. The molecule has 0 radical (unpaired) electrons. The second kappa shape index (κ2) is 5.59. The topological polar surface area (TPSA) is 38.0 Å². The zero-order chi connectivity index (χ0) is 11.4. The first-order valence-electron chi connectivity index (χ1n) is 5.31. The SMILES string of the molecule is Cc1ccsc1C(CN)NCc1cccs1. The van der Waals surface area contributed by atoms with Gasteiger partial charge in [0.25, 0.3) is 0 Å². The van der Waals surface area contributed by atoms with Crippen LogP contribution in [0.5, 0.6) is 0 Å². The van der Waals surface area contributed by atoms with E-state index in [2.05, 4.69) is 41.2 Å². The van der Waals surface area contributed by atoms with Crippen LogP contribution < -0.4 is 11.1 Å². The van der Waals surface area contributed by atoms with E-state index in [1.54, 1.807) is 22.7 Å². The van der Waals surface area contributed by atoms with Gasteiger partial charge in [-0.25, -0.2) is 0 Å². The van der Waals surface area contributed by atoms with Crippen molar-refractivity contribution in [3.05, 3.63) is 44.3 Å². The zero-order valence-corrected chi connectivity index (χ0v) is 10.9. The largest absolute Gasteiger partial charge is 0.329 e. The summed E-state index contributed by atoms with van der Waals surface area (Å²) < 4.78 is 0. The number of rotatable bonds is 5. The summed E-state index contributed by atoms with van der Waals surface area (Å²) in [5.74, 6) is 0. The van der Waals surface area contributed by atoms with Gasteiger partial charge in [-0.05, 0) is 35.4 Å². The summed E-state index contributed by atoms with van der Waals surface area (Å²) in [5.41, 5.74) is 7.15. The molecule has 0 aliphatic carbocycles. The van der Waals surface area contributed by atoms with Gasteiger partial charge in [0.2, 0.25) is 0 Å². The average molecular weight is 252 g/mol. The molecule has 0 aliphatic heterocycles. The van der Waals surface area contributed by atoms with Crippen LogP contribution in [0.2, 0.25) is 0 Å². The van der Waals surface area contributed by atoms with Crippen LogP contribution in [0.25, 0.3) is 0 Å². The lowest BCUT2D eigenvalue weighted by Gasteiger charge is -2.15. The van der Waals surface area contributed by atoms with Crippen molar-refractivity contribution in [1.29, 1.82) is 0 Å². The summed E-state index contributed by atoms with van der Waals surface area (Å²) in [6, 6.07) is 6.65. The first-order chi connectivity index (χ1) is 7.81. The molecule has 0 bridgehead atoms. The van der Waals surface area contributed by atoms with Crippen LogP contribution in [0.1, 0.15) is 21.4 Å². The van der Waals surface area contributed by atoms with Gasteiger partial charge in [0.1, 0.15) is 0 Å². The second-order valence-corrected chi connectivity index (χ2v) is 5.70. The van der Waals surface area contributed by atoms with Crippen LogP contribution in [0.15, 0.2) is 29.0 Å². The van der Waals surface area contributed by atoms with E-state index in [0.29, 0.717) is 6.54 Å². The van der Waals surface area contributed by atoms with Gasteiger partial charge in [-0.2, -0.15) is 0 Å². The molecule has 0 spiro atoms. The summed E-state index contributed by atoms with van der Waals surface area (Å²) in [4.78, 5) is 2.71. The Morgan fingerprint density at radius 3 is 2.75 bits per heavy atom. The van der Waals surface area contributed by atoms with Gasteiger partial charge in [0, 0.05) is 22.8 Å². The highest BCUT2D eigenvalue weighted by Gasteiger charge is 2.12. The van der Waals surface area contributed by atoms with Crippen molar-refractivity contribution >= 4 is 22.7 Å². The lowest BCUT2D eigenvalue weighted by atomic mass is 10.1. The lowest BCUT2D eigenvalue weighted by molar-refractivity contribution is 0.551. The molecular weight excluding hydrogens is 236 g/mol. The number of thiophene rings is 2. The molecule has 2 aromatic heterocycles. The molecule has 0 aromatic carbocycles. The van der Waals surface area contributed by atoms with Gasteiger partial charge >= 0.3 is 0 Å². The Hall–Kier alpha value is -0.680. The molecule has 0 saturated heterocycles. The van der Waals surface area contributed by atoms with Crippen LogP contribution in [0.3, 0.4) is 0 Å². The van der Waals surface area contributed by atoms with E-state index in [-0.39, 0.29) is 6.04 Å². The Morgan fingerprint density at radius 1 is 1.31 bits per heavy atom. The minimum atomic E-state index is 0.280. The van der Waals surface area contributed by atoms with Crippen LogP contribution in [0.4, 0.5) is 0 Å². The Bertz CT molecular complexity index is 420. The van der Waals surface area contributed by atoms with Crippen molar-refractivity contribution in [3.63, 3.8) is 0 Å². The Kier molecular flexibility index (Phi) is 4.12. The van der Waals surface area contributed by atoms with Crippen molar-refractivity contribution in [2.45, 2.75) is 19.5 Å². The molecule has 3 N–H and O–H groups in total. The van der Waals surface area contributed by atoms with E-state index < -0.39 is 0 Å². The summed E-state index contributed by atoms with van der Waals surface area (Å²) in [5, 5.41) is 7.74. The molecule has 1 unspecified atom stereocenters. The third-order valence-corrected chi connectivity index (χ3v) is 4.57. The molecule has 2 nitrogen and oxygen atoms in total. The maximum absolute atomic E-state index is 5.82. The quantitative estimate of drug-likeness (QED) is 0.858. The van der Waals surface area contributed by atoms with Crippen molar-refractivity contribution in [2.75, 3.05) is 6.54 Å². The van der Waals surface area contributed by atoms with Crippen molar-refractivity contribution in [2.24, 2.45) is 5.73 Å². The van der Waals surface area contributed by atoms with Gasteiger partial charge < -0.3 is 11.1 Å². The van der Waals surface area contributed by atoms with Crippen molar-refractivity contribution in [3.8, 4) is 0 Å². The smallest absolute Gasteiger partial charge is 0.0544 e. The minimum Gasteiger partial charge on any atom is -0.329 e. The Morgan fingerprint density at radius 2 is 2.19 bits per heavy atom. The van der Waals surface area contributed by atoms with Crippen LogP contribution in [0, 0.1) is 6.92 Å².